The molecule has 1 N–H and O–H groups in total. The summed E-state index contributed by atoms with van der Waals surface area (Å²) in [4.78, 5) is 18.8. The highest BCUT2D eigenvalue weighted by molar-refractivity contribution is 5.99. The number of pyridine rings is 1. The van der Waals surface area contributed by atoms with Crippen molar-refractivity contribution in [1.82, 2.24) is 19.6 Å². The van der Waals surface area contributed by atoms with Gasteiger partial charge < -0.3 is 14.6 Å². The molecule has 2 rings (SSSR count). The number of nitrogens with one attached hydrogen (secondary N) is 1. The molecule has 2 aromatic heterocycles. The second-order valence-electron chi connectivity index (χ2n) is 5.10. The van der Waals surface area contributed by atoms with Gasteiger partial charge in [0.05, 0.1) is 5.52 Å². The summed E-state index contributed by atoms with van der Waals surface area (Å²) < 4.78 is 1.98. The van der Waals surface area contributed by atoms with E-state index in [0.29, 0.717) is 12.2 Å². The lowest BCUT2D eigenvalue weighted by molar-refractivity contribution is 0.0949. The van der Waals surface area contributed by atoms with Crippen LogP contribution in [0.5, 0.6) is 0 Å². The quantitative estimate of drug-likeness (QED) is 0.814. The Kier molecular flexibility index (Phi) is 4.74. The second kappa shape index (κ2) is 6.52. The number of imidazole rings is 1. The first-order valence-corrected chi connectivity index (χ1v) is 7.02. The van der Waals surface area contributed by atoms with Crippen molar-refractivity contribution in [2.24, 2.45) is 0 Å². The smallest absolute Gasteiger partial charge is 0.272 e. The summed E-state index contributed by atoms with van der Waals surface area (Å²) in [5.74, 6) is 0.825. The van der Waals surface area contributed by atoms with Crippen molar-refractivity contribution in [3.63, 3.8) is 0 Å². The van der Waals surface area contributed by atoms with Crippen LogP contribution in [0, 0.1) is 0 Å². The van der Waals surface area contributed by atoms with Crippen molar-refractivity contribution in [3.05, 3.63) is 35.9 Å². The van der Waals surface area contributed by atoms with Gasteiger partial charge in [0.25, 0.3) is 5.91 Å². The summed E-state index contributed by atoms with van der Waals surface area (Å²) in [6, 6.07) is 5.81. The summed E-state index contributed by atoms with van der Waals surface area (Å²) in [6.07, 6.45) is 3.69. The molecule has 108 valence electrons. The third-order valence-electron chi connectivity index (χ3n) is 3.22. The molecule has 2 aromatic rings. The van der Waals surface area contributed by atoms with E-state index in [1.54, 1.807) is 0 Å². The topological polar surface area (TPSA) is 49.6 Å². The Morgan fingerprint density at radius 3 is 2.90 bits per heavy atom. The number of amides is 1. The normalized spacial score (nSPS) is 11.2. The van der Waals surface area contributed by atoms with Gasteiger partial charge in [-0.15, -0.1) is 0 Å². The number of nitrogens with zero attached hydrogens (tertiary/aromatic N) is 3. The highest BCUT2D eigenvalue weighted by atomic mass is 16.1. The summed E-state index contributed by atoms with van der Waals surface area (Å²) in [6.45, 7) is 3.68. The molecule has 0 bridgehead atoms. The largest absolute Gasteiger partial charge is 0.351 e. The maximum Gasteiger partial charge on any atom is 0.272 e. The molecule has 5 nitrogen and oxygen atoms in total. The fourth-order valence-electron chi connectivity index (χ4n) is 2.20. The molecule has 0 saturated carbocycles. The molecule has 2 heterocycles. The van der Waals surface area contributed by atoms with Gasteiger partial charge in [0.2, 0.25) is 0 Å². The van der Waals surface area contributed by atoms with E-state index in [9.17, 15) is 4.79 Å². The number of rotatable bonds is 6. The number of carbonyl (C=O) groups is 1. The van der Waals surface area contributed by atoms with Gasteiger partial charge in [-0.3, -0.25) is 4.79 Å². The number of carbonyl (C=O) groups excluding carboxylic acids is 1. The Labute approximate surface area is 119 Å². The minimum Gasteiger partial charge on any atom is -0.351 e. The van der Waals surface area contributed by atoms with Crippen LogP contribution in [0.4, 0.5) is 0 Å². The van der Waals surface area contributed by atoms with Crippen molar-refractivity contribution in [2.75, 3.05) is 27.2 Å². The summed E-state index contributed by atoms with van der Waals surface area (Å²) in [5.41, 5.74) is 1.39. The zero-order valence-corrected chi connectivity index (χ0v) is 12.4. The molecular formula is C15H22N4O. The zero-order chi connectivity index (χ0) is 14.5. The van der Waals surface area contributed by atoms with E-state index >= 15 is 0 Å². The van der Waals surface area contributed by atoms with Gasteiger partial charge in [0, 0.05) is 19.2 Å². The minimum absolute atomic E-state index is 0.0906. The van der Waals surface area contributed by atoms with Crippen LogP contribution in [0.25, 0.3) is 5.52 Å². The Balaban J connectivity index is 2.10. The Bertz CT molecular complexity index is 589. The Morgan fingerprint density at radius 1 is 1.40 bits per heavy atom. The molecule has 0 saturated heterocycles. The Hall–Kier alpha value is -1.88. The van der Waals surface area contributed by atoms with Crippen molar-refractivity contribution in [1.29, 1.82) is 0 Å². The third kappa shape index (κ3) is 3.17. The first-order valence-electron chi connectivity index (χ1n) is 7.02. The van der Waals surface area contributed by atoms with Crippen molar-refractivity contribution in [2.45, 2.75) is 19.8 Å². The fraction of sp³-hybridized carbons (Fsp3) is 0.467. The SMILES string of the molecule is CCc1nc(C(=O)NCCCN(C)C)c2ccccn12. The number of aryl methyl sites for hydroxylation is 1. The molecule has 0 aliphatic carbocycles. The van der Waals surface area contributed by atoms with Crippen LogP contribution in [-0.4, -0.2) is 47.4 Å². The molecule has 0 fully saturated rings. The molecule has 5 heteroatoms. The van der Waals surface area contributed by atoms with E-state index in [1.807, 2.05) is 49.8 Å². The van der Waals surface area contributed by atoms with Crippen LogP contribution in [0.15, 0.2) is 24.4 Å². The third-order valence-corrected chi connectivity index (χ3v) is 3.22. The summed E-state index contributed by atoms with van der Waals surface area (Å²) in [5, 5.41) is 2.94. The van der Waals surface area contributed by atoms with E-state index in [1.165, 1.54) is 0 Å². The van der Waals surface area contributed by atoms with Crippen LogP contribution in [0.1, 0.15) is 29.7 Å². The lowest BCUT2D eigenvalue weighted by atomic mass is 10.3. The van der Waals surface area contributed by atoms with Crippen LogP contribution in [0.3, 0.4) is 0 Å². The molecule has 0 spiro atoms. The number of hydrogen-bond donors (Lipinski definition) is 1. The highest BCUT2D eigenvalue weighted by Gasteiger charge is 2.15. The van der Waals surface area contributed by atoms with Gasteiger partial charge in [-0.2, -0.15) is 0 Å². The van der Waals surface area contributed by atoms with Gasteiger partial charge in [-0.1, -0.05) is 13.0 Å². The predicted octanol–water partition coefficient (Wildman–Crippen LogP) is 1.58. The van der Waals surface area contributed by atoms with E-state index in [0.717, 1.165) is 30.7 Å². The number of fused-ring (bicyclic) bond motifs is 1. The minimum atomic E-state index is -0.0906. The van der Waals surface area contributed by atoms with Crippen LogP contribution < -0.4 is 5.32 Å². The average Bonchev–Trinajstić information content (AvgIpc) is 2.82. The first kappa shape index (κ1) is 14.5. The molecular weight excluding hydrogens is 252 g/mol. The van der Waals surface area contributed by atoms with Crippen molar-refractivity contribution >= 4 is 11.4 Å². The van der Waals surface area contributed by atoms with Gasteiger partial charge >= 0.3 is 0 Å². The maximum absolute atomic E-state index is 12.2. The van der Waals surface area contributed by atoms with Gasteiger partial charge in [-0.25, -0.2) is 4.98 Å². The maximum atomic E-state index is 12.2. The standard InChI is InChI=1S/C15H22N4O/c1-4-13-17-14(12-8-5-6-11-19(12)13)15(20)16-9-7-10-18(2)3/h5-6,8,11H,4,7,9-10H2,1-3H3,(H,16,20). The molecule has 0 radical (unpaired) electrons. The second-order valence-corrected chi connectivity index (χ2v) is 5.10. The molecule has 0 aromatic carbocycles. The van der Waals surface area contributed by atoms with Crippen LogP contribution in [-0.2, 0) is 6.42 Å². The molecule has 0 aliphatic rings. The molecule has 0 aliphatic heterocycles. The predicted molar refractivity (Wildman–Crippen MR) is 80.1 cm³/mol. The van der Waals surface area contributed by atoms with Crippen LogP contribution in [0.2, 0.25) is 0 Å². The van der Waals surface area contributed by atoms with E-state index in [-0.39, 0.29) is 5.91 Å². The van der Waals surface area contributed by atoms with Gasteiger partial charge in [0.15, 0.2) is 5.69 Å². The van der Waals surface area contributed by atoms with Crippen molar-refractivity contribution < 1.29 is 4.79 Å². The van der Waals surface area contributed by atoms with E-state index in [4.69, 9.17) is 0 Å². The molecule has 1 amide bonds. The van der Waals surface area contributed by atoms with E-state index < -0.39 is 0 Å². The lowest BCUT2D eigenvalue weighted by Crippen LogP contribution is -2.27. The van der Waals surface area contributed by atoms with Crippen molar-refractivity contribution in [3.8, 4) is 0 Å². The average molecular weight is 274 g/mol. The monoisotopic (exact) mass is 274 g/mol. The number of hydrogen-bond acceptors (Lipinski definition) is 3. The molecule has 0 unspecified atom stereocenters. The lowest BCUT2D eigenvalue weighted by Gasteiger charge is -2.09. The zero-order valence-electron chi connectivity index (χ0n) is 12.4. The fourth-order valence-corrected chi connectivity index (χ4v) is 2.20. The van der Waals surface area contributed by atoms with Crippen LogP contribution >= 0.6 is 0 Å². The Morgan fingerprint density at radius 2 is 2.20 bits per heavy atom. The van der Waals surface area contributed by atoms with Gasteiger partial charge in [-0.05, 0) is 39.2 Å². The van der Waals surface area contributed by atoms with Gasteiger partial charge in [0.1, 0.15) is 5.82 Å². The molecule has 0 atom stereocenters. The summed E-state index contributed by atoms with van der Waals surface area (Å²) in [7, 11) is 4.05. The number of aromatic nitrogens is 2. The molecule has 20 heavy (non-hydrogen) atoms. The van der Waals surface area contributed by atoms with E-state index in [2.05, 4.69) is 15.2 Å². The summed E-state index contributed by atoms with van der Waals surface area (Å²) >= 11 is 0. The highest BCUT2D eigenvalue weighted by Crippen LogP contribution is 2.13. The first-order chi connectivity index (χ1) is 9.63.